The number of ketones is 1. The molecule has 0 unspecified atom stereocenters. The molecule has 1 aliphatic heterocycles. The monoisotopic (exact) mass is 424 g/mol. The van der Waals surface area contributed by atoms with Gasteiger partial charge in [-0.2, -0.15) is 0 Å². The summed E-state index contributed by atoms with van der Waals surface area (Å²) in [6, 6.07) is 25.4. The Labute approximate surface area is 186 Å². The highest BCUT2D eigenvalue weighted by Gasteiger charge is 2.27. The van der Waals surface area contributed by atoms with Crippen LogP contribution in [0.25, 0.3) is 16.7 Å². The second-order valence-electron chi connectivity index (χ2n) is 7.98. The molecule has 0 radical (unpaired) electrons. The van der Waals surface area contributed by atoms with Gasteiger partial charge in [0.2, 0.25) is 5.82 Å². The van der Waals surface area contributed by atoms with Crippen molar-refractivity contribution in [3.05, 3.63) is 90.3 Å². The van der Waals surface area contributed by atoms with Gasteiger partial charge in [0.05, 0.1) is 11.0 Å². The summed E-state index contributed by atoms with van der Waals surface area (Å²) >= 11 is 0. The second kappa shape index (κ2) is 8.30. The molecule has 32 heavy (non-hydrogen) atoms. The van der Waals surface area contributed by atoms with Gasteiger partial charge in [-0.15, -0.1) is 0 Å². The lowest BCUT2D eigenvalue weighted by Gasteiger charge is -2.36. The van der Waals surface area contributed by atoms with E-state index in [4.69, 9.17) is 4.98 Å². The average molecular weight is 425 g/mol. The smallest absolute Gasteiger partial charge is 0.290 e. The molecule has 0 atom stereocenters. The molecule has 0 spiro atoms. The first-order chi connectivity index (χ1) is 15.6. The molecule has 0 N–H and O–H groups in total. The van der Waals surface area contributed by atoms with Gasteiger partial charge in [-0.3, -0.25) is 14.2 Å². The largest absolute Gasteiger partial charge is 0.368 e. The number of carbonyl (C=O) groups is 2. The number of carbonyl (C=O) groups excluding carboxylic acids is 2. The fraction of sp³-hybridized carbons (Fsp3) is 0.192. The van der Waals surface area contributed by atoms with Crippen molar-refractivity contribution >= 4 is 28.4 Å². The lowest BCUT2D eigenvalue weighted by molar-refractivity contribution is 0.0733. The third kappa shape index (κ3) is 3.64. The van der Waals surface area contributed by atoms with E-state index in [0.29, 0.717) is 24.5 Å². The molecule has 5 rings (SSSR count). The van der Waals surface area contributed by atoms with Gasteiger partial charge in [0.1, 0.15) is 0 Å². The summed E-state index contributed by atoms with van der Waals surface area (Å²) < 4.78 is 1.95. The van der Waals surface area contributed by atoms with Crippen LogP contribution in [-0.4, -0.2) is 52.3 Å². The molecule has 160 valence electrons. The summed E-state index contributed by atoms with van der Waals surface area (Å²) in [5.41, 5.74) is 4.44. The van der Waals surface area contributed by atoms with Gasteiger partial charge in [0, 0.05) is 43.1 Å². The van der Waals surface area contributed by atoms with Crippen LogP contribution in [-0.2, 0) is 0 Å². The van der Waals surface area contributed by atoms with Crippen molar-refractivity contribution in [3.63, 3.8) is 0 Å². The van der Waals surface area contributed by atoms with Crippen LogP contribution in [0, 0.1) is 0 Å². The summed E-state index contributed by atoms with van der Waals surface area (Å²) in [5, 5.41) is 0. The Kier molecular flexibility index (Phi) is 5.19. The fourth-order valence-electron chi connectivity index (χ4n) is 4.22. The molecular formula is C26H24N4O2. The minimum absolute atomic E-state index is 0.0587. The maximum Gasteiger partial charge on any atom is 0.290 e. The third-order valence-electron chi connectivity index (χ3n) is 5.97. The number of Topliss-reactive ketones (excluding diaryl/α,β-unsaturated/α-hetero) is 1. The topological polar surface area (TPSA) is 58.4 Å². The molecule has 3 aromatic carbocycles. The number of hydrogen-bond acceptors (Lipinski definition) is 4. The van der Waals surface area contributed by atoms with Crippen LogP contribution in [0.3, 0.4) is 0 Å². The minimum Gasteiger partial charge on any atom is -0.368 e. The van der Waals surface area contributed by atoms with E-state index in [0.717, 1.165) is 35.5 Å². The number of aromatic nitrogens is 2. The average Bonchev–Trinajstić information content (AvgIpc) is 3.24. The lowest BCUT2D eigenvalue weighted by atomic mass is 10.1. The number of piperazine rings is 1. The third-order valence-corrected chi connectivity index (χ3v) is 5.97. The molecule has 4 aromatic rings. The number of para-hydroxylation sites is 3. The highest BCUT2D eigenvalue weighted by Crippen LogP contribution is 2.24. The van der Waals surface area contributed by atoms with Crippen LogP contribution in [0.15, 0.2) is 78.9 Å². The molecule has 0 aliphatic carbocycles. The molecule has 6 nitrogen and oxygen atoms in total. The van der Waals surface area contributed by atoms with Gasteiger partial charge in [-0.25, -0.2) is 4.98 Å². The zero-order valence-electron chi connectivity index (χ0n) is 17.9. The summed E-state index contributed by atoms with van der Waals surface area (Å²) in [5.74, 6) is 0.446. The van der Waals surface area contributed by atoms with Gasteiger partial charge in [0.25, 0.3) is 5.91 Å². The van der Waals surface area contributed by atoms with Crippen molar-refractivity contribution < 1.29 is 9.59 Å². The molecule has 0 bridgehead atoms. The van der Waals surface area contributed by atoms with Crippen LogP contribution < -0.4 is 4.90 Å². The first kappa shape index (κ1) is 20.0. The van der Waals surface area contributed by atoms with Crippen molar-refractivity contribution in [1.29, 1.82) is 0 Å². The number of imidazole rings is 1. The van der Waals surface area contributed by atoms with Crippen LogP contribution in [0.5, 0.6) is 0 Å². The van der Waals surface area contributed by atoms with Crippen molar-refractivity contribution in [2.45, 2.75) is 6.92 Å². The van der Waals surface area contributed by atoms with E-state index >= 15 is 0 Å². The summed E-state index contributed by atoms with van der Waals surface area (Å²) in [6.45, 7) is 4.27. The molecule has 1 aliphatic rings. The summed E-state index contributed by atoms with van der Waals surface area (Å²) in [4.78, 5) is 33.8. The number of benzene rings is 3. The normalized spacial score (nSPS) is 14.0. The maximum atomic E-state index is 13.5. The van der Waals surface area contributed by atoms with Gasteiger partial charge in [0.15, 0.2) is 5.78 Å². The fourth-order valence-corrected chi connectivity index (χ4v) is 4.22. The molecule has 0 saturated carbocycles. The zero-order chi connectivity index (χ0) is 22.1. The number of hydrogen-bond donors (Lipinski definition) is 0. The number of fused-ring (bicyclic) bond motifs is 1. The second-order valence-corrected chi connectivity index (χ2v) is 7.98. The Hall–Kier alpha value is -3.93. The van der Waals surface area contributed by atoms with E-state index in [9.17, 15) is 9.59 Å². The zero-order valence-corrected chi connectivity index (χ0v) is 17.9. The van der Waals surface area contributed by atoms with Crippen LogP contribution in [0.1, 0.15) is 27.9 Å². The van der Waals surface area contributed by atoms with Gasteiger partial charge >= 0.3 is 0 Å². The van der Waals surface area contributed by atoms with Crippen molar-refractivity contribution in [2.75, 3.05) is 31.1 Å². The molecule has 1 aromatic heterocycles. The van der Waals surface area contributed by atoms with Gasteiger partial charge < -0.3 is 9.80 Å². The Balaban J connectivity index is 1.38. The first-order valence-electron chi connectivity index (χ1n) is 10.8. The first-order valence-corrected chi connectivity index (χ1v) is 10.8. The predicted molar refractivity (Wildman–Crippen MR) is 126 cm³/mol. The number of rotatable bonds is 4. The van der Waals surface area contributed by atoms with E-state index in [2.05, 4.69) is 4.90 Å². The van der Waals surface area contributed by atoms with Crippen LogP contribution in [0.4, 0.5) is 5.69 Å². The predicted octanol–water partition coefficient (Wildman–Crippen LogP) is 4.19. The maximum absolute atomic E-state index is 13.5. The quantitative estimate of drug-likeness (QED) is 0.461. The SMILES string of the molecule is CC(=O)c1ccc(N2CCN(C(=O)c3nc4ccccc4n3-c3ccccc3)CC2)cc1. The highest BCUT2D eigenvalue weighted by atomic mass is 16.2. The van der Waals surface area contributed by atoms with E-state index < -0.39 is 0 Å². The molecular weight excluding hydrogens is 400 g/mol. The molecule has 1 amide bonds. The standard InChI is InChI=1S/C26H24N4O2/c1-19(31)20-11-13-21(14-12-20)28-15-17-29(18-16-28)26(32)25-27-23-9-5-6-10-24(23)30(25)22-7-3-2-4-8-22/h2-14H,15-18H2,1H3. The Morgan fingerprint density at radius 1 is 0.750 bits per heavy atom. The molecule has 1 saturated heterocycles. The van der Waals surface area contributed by atoms with Crippen molar-refractivity contribution in [3.8, 4) is 5.69 Å². The Bertz CT molecular complexity index is 1270. The van der Waals surface area contributed by atoms with E-state index in [1.807, 2.05) is 88.3 Å². The number of amides is 1. The van der Waals surface area contributed by atoms with Gasteiger partial charge in [-0.05, 0) is 55.5 Å². The Morgan fingerprint density at radius 3 is 2.09 bits per heavy atom. The minimum atomic E-state index is -0.0587. The van der Waals surface area contributed by atoms with Crippen molar-refractivity contribution in [2.24, 2.45) is 0 Å². The molecule has 6 heteroatoms. The van der Waals surface area contributed by atoms with Crippen LogP contribution in [0.2, 0.25) is 0 Å². The van der Waals surface area contributed by atoms with Crippen LogP contribution >= 0.6 is 0 Å². The lowest BCUT2D eigenvalue weighted by Crippen LogP contribution is -2.49. The van der Waals surface area contributed by atoms with Gasteiger partial charge in [-0.1, -0.05) is 30.3 Å². The van der Waals surface area contributed by atoms with E-state index in [1.165, 1.54) is 0 Å². The van der Waals surface area contributed by atoms with Crippen molar-refractivity contribution in [1.82, 2.24) is 14.5 Å². The highest BCUT2D eigenvalue weighted by molar-refractivity contribution is 5.96. The number of nitrogens with zero attached hydrogens (tertiary/aromatic N) is 4. The molecule has 1 fully saturated rings. The summed E-state index contributed by atoms with van der Waals surface area (Å²) in [7, 11) is 0. The molecule has 2 heterocycles. The summed E-state index contributed by atoms with van der Waals surface area (Å²) in [6.07, 6.45) is 0. The van der Waals surface area contributed by atoms with E-state index in [-0.39, 0.29) is 11.7 Å². The number of anilines is 1. The van der Waals surface area contributed by atoms with E-state index in [1.54, 1.807) is 6.92 Å². The Morgan fingerprint density at radius 2 is 1.41 bits per heavy atom.